The number of hydrogen-bond acceptors (Lipinski definition) is 3. The maximum atomic E-state index is 11.1. The molecule has 0 aromatic heterocycles. The maximum Gasteiger partial charge on any atom is 0.333 e. The Morgan fingerprint density at radius 2 is 2.25 bits per heavy atom. The quantitative estimate of drug-likeness (QED) is 0.322. The molecule has 1 rings (SSSR count). The van der Waals surface area contributed by atoms with Gasteiger partial charge in [0.15, 0.2) is 8.32 Å². The van der Waals surface area contributed by atoms with Crippen LogP contribution in [0.5, 0.6) is 0 Å². The summed E-state index contributed by atoms with van der Waals surface area (Å²) in [7, 11) is -1.45. The number of rotatable bonds is 5. The Labute approximate surface area is 99.0 Å². The number of esters is 1. The molecule has 1 atom stereocenters. The van der Waals surface area contributed by atoms with Crippen molar-refractivity contribution in [3.63, 3.8) is 0 Å². The van der Waals surface area contributed by atoms with Crippen molar-refractivity contribution in [2.24, 2.45) is 0 Å². The van der Waals surface area contributed by atoms with Gasteiger partial charge in [-0.2, -0.15) is 0 Å². The van der Waals surface area contributed by atoms with Gasteiger partial charge >= 0.3 is 5.97 Å². The Kier molecular flexibility index (Phi) is 5.22. The second kappa shape index (κ2) is 6.20. The van der Waals surface area contributed by atoms with E-state index < -0.39 is 8.32 Å². The molecule has 0 radical (unpaired) electrons. The molecule has 0 saturated carbocycles. The predicted octanol–water partition coefficient (Wildman–Crippen LogP) is 2.88. The van der Waals surface area contributed by atoms with Crippen molar-refractivity contribution in [3.8, 4) is 0 Å². The van der Waals surface area contributed by atoms with Crippen LogP contribution in [0.3, 0.4) is 0 Å². The zero-order valence-corrected chi connectivity index (χ0v) is 11.4. The number of carbonyl (C=O) groups excluding carboxylic acids is 1. The summed E-state index contributed by atoms with van der Waals surface area (Å²) in [5.41, 5.74) is 0.470. The van der Waals surface area contributed by atoms with Crippen LogP contribution in [-0.4, -0.2) is 27.5 Å². The van der Waals surface area contributed by atoms with Crippen LogP contribution in [0.4, 0.5) is 0 Å². The summed E-state index contributed by atoms with van der Waals surface area (Å²) in [6.07, 6.45) is 3.42. The molecule has 16 heavy (non-hydrogen) atoms. The van der Waals surface area contributed by atoms with Crippen molar-refractivity contribution in [2.75, 3.05) is 13.2 Å². The summed E-state index contributed by atoms with van der Waals surface area (Å²) in [5, 5.41) is 0. The largest absolute Gasteiger partial charge is 0.462 e. The summed E-state index contributed by atoms with van der Waals surface area (Å²) in [6, 6.07) is 2.35. The fraction of sp³-hybridized carbons (Fsp3) is 0.750. The number of carbonyl (C=O) groups is 1. The third kappa shape index (κ3) is 4.49. The molecule has 3 nitrogen and oxygen atoms in total. The Balaban J connectivity index is 2.14. The third-order valence-electron chi connectivity index (χ3n) is 2.98. The minimum atomic E-state index is -1.45. The van der Waals surface area contributed by atoms with Crippen LogP contribution < -0.4 is 0 Å². The molecule has 4 heteroatoms. The van der Waals surface area contributed by atoms with E-state index in [1.807, 2.05) is 0 Å². The number of ether oxygens (including phenoxy) is 1. The summed E-state index contributed by atoms with van der Waals surface area (Å²) in [5.74, 6) is -0.281. The van der Waals surface area contributed by atoms with Gasteiger partial charge in [0.05, 0.1) is 6.61 Å². The van der Waals surface area contributed by atoms with Crippen molar-refractivity contribution < 1.29 is 14.0 Å². The minimum Gasteiger partial charge on any atom is -0.462 e. The van der Waals surface area contributed by atoms with Crippen molar-refractivity contribution in [1.29, 1.82) is 0 Å². The van der Waals surface area contributed by atoms with Crippen LogP contribution in [0.25, 0.3) is 0 Å². The van der Waals surface area contributed by atoms with Gasteiger partial charge in [0.1, 0.15) is 0 Å². The van der Waals surface area contributed by atoms with E-state index in [-0.39, 0.29) is 5.97 Å². The van der Waals surface area contributed by atoms with Gasteiger partial charge < -0.3 is 9.16 Å². The van der Waals surface area contributed by atoms with Gasteiger partial charge in [-0.1, -0.05) is 13.0 Å². The summed E-state index contributed by atoms with van der Waals surface area (Å²) in [6.45, 7) is 8.92. The van der Waals surface area contributed by atoms with Crippen LogP contribution in [0, 0.1) is 0 Å². The molecule has 1 aliphatic rings. The fourth-order valence-corrected chi connectivity index (χ4v) is 4.99. The van der Waals surface area contributed by atoms with Crippen LogP contribution in [0.15, 0.2) is 12.2 Å². The first-order valence-corrected chi connectivity index (χ1v) is 8.82. The molecular formula is C12H22O3Si. The third-order valence-corrected chi connectivity index (χ3v) is 6.71. The second-order valence-corrected chi connectivity index (χ2v) is 8.96. The smallest absolute Gasteiger partial charge is 0.333 e. The first-order chi connectivity index (χ1) is 7.53. The first kappa shape index (κ1) is 13.5. The lowest BCUT2D eigenvalue weighted by Gasteiger charge is -2.31. The molecule has 0 aliphatic carbocycles. The predicted molar refractivity (Wildman–Crippen MR) is 66.8 cm³/mol. The van der Waals surface area contributed by atoms with E-state index in [0.29, 0.717) is 12.2 Å². The van der Waals surface area contributed by atoms with Gasteiger partial charge in [-0.05, 0) is 38.4 Å². The van der Waals surface area contributed by atoms with Gasteiger partial charge in [0.25, 0.3) is 0 Å². The highest BCUT2D eigenvalue weighted by molar-refractivity contribution is 6.72. The normalized spacial score (nSPS) is 25.1. The highest BCUT2D eigenvalue weighted by Gasteiger charge is 2.30. The second-order valence-electron chi connectivity index (χ2n) is 4.78. The lowest BCUT2D eigenvalue weighted by molar-refractivity contribution is -0.138. The van der Waals surface area contributed by atoms with Gasteiger partial charge in [-0.25, -0.2) is 4.79 Å². The lowest BCUT2D eigenvalue weighted by atomic mass is 10.4. The van der Waals surface area contributed by atoms with Crippen molar-refractivity contribution in [1.82, 2.24) is 0 Å². The van der Waals surface area contributed by atoms with Crippen molar-refractivity contribution in [2.45, 2.75) is 44.8 Å². The van der Waals surface area contributed by atoms with Crippen LogP contribution in [-0.2, 0) is 14.0 Å². The summed E-state index contributed by atoms with van der Waals surface area (Å²) in [4.78, 5) is 11.1. The van der Waals surface area contributed by atoms with Gasteiger partial charge in [0, 0.05) is 12.2 Å². The molecule has 0 bridgehead atoms. The summed E-state index contributed by atoms with van der Waals surface area (Å²) < 4.78 is 11.0. The molecule has 0 spiro atoms. The van der Waals surface area contributed by atoms with Crippen molar-refractivity contribution >= 4 is 14.3 Å². The van der Waals surface area contributed by atoms with E-state index in [2.05, 4.69) is 13.1 Å². The molecule has 1 unspecified atom stereocenters. The average molecular weight is 242 g/mol. The Hall–Kier alpha value is -0.613. The first-order valence-electron chi connectivity index (χ1n) is 6.00. The highest BCUT2D eigenvalue weighted by Crippen LogP contribution is 2.26. The van der Waals surface area contributed by atoms with E-state index in [1.165, 1.54) is 18.9 Å². The molecule has 92 valence electrons. The van der Waals surface area contributed by atoms with Crippen LogP contribution in [0.1, 0.15) is 26.2 Å². The van der Waals surface area contributed by atoms with Crippen molar-refractivity contribution in [3.05, 3.63) is 12.2 Å². The highest BCUT2D eigenvalue weighted by atomic mass is 28.4. The summed E-state index contributed by atoms with van der Waals surface area (Å²) >= 11 is 0. The zero-order valence-electron chi connectivity index (χ0n) is 10.4. The molecule has 1 fully saturated rings. The van der Waals surface area contributed by atoms with Gasteiger partial charge in [-0.3, -0.25) is 0 Å². The topological polar surface area (TPSA) is 35.5 Å². The van der Waals surface area contributed by atoms with Gasteiger partial charge in [0.2, 0.25) is 0 Å². The average Bonchev–Trinajstić information content (AvgIpc) is 2.25. The van der Waals surface area contributed by atoms with Crippen LogP contribution in [0.2, 0.25) is 18.6 Å². The molecular weight excluding hydrogens is 220 g/mol. The van der Waals surface area contributed by atoms with E-state index >= 15 is 0 Å². The Bertz CT molecular complexity index is 257. The van der Waals surface area contributed by atoms with E-state index in [0.717, 1.165) is 19.1 Å². The maximum absolute atomic E-state index is 11.1. The fourth-order valence-electron chi connectivity index (χ4n) is 1.92. The molecule has 0 aromatic carbocycles. The molecule has 1 saturated heterocycles. The lowest BCUT2D eigenvalue weighted by Crippen LogP contribution is -2.37. The number of hydrogen-bond donors (Lipinski definition) is 0. The SMILES string of the molecule is C=C(C)C(=O)OCCC[Si]1(C)CCCCO1. The monoisotopic (exact) mass is 242 g/mol. The van der Waals surface area contributed by atoms with E-state index in [1.54, 1.807) is 6.92 Å². The van der Waals surface area contributed by atoms with Gasteiger partial charge in [-0.15, -0.1) is 0 Å². The van der Waals surface area contributed by atoms with Crippen LogP contribution >= 0.6 is 0 Å². The molecule has 1 heterocycles. The minimum absolute atomic E-state index is 0.281. The zero-order chi connectivity index (χ0) is 12.0. The molecule has 1 aliphatic heterocycles. The van der Waals surface area contributed by atoms with E-state index in [9.17, 15) is 4.79 Å². The molecule has 0 amide bonds. The Morgan fingerprint density at radius 3 is 2.81 bits per heavy atom. The standard InChI is InChI=1S/C12H22O3Si/c1-11(2)12(13)14-7-6-10-16(3)9-5-4-8-15-16/h1,4-10H2,2-3H3. The molecule has 0 aromatic rings. The Morgan fingerprint density at radius 1 is 1.50 bits per heavy atom. The van der Waals surface area contributed by atoms with E-state index in [4.69, 9.17) is 9.16 Å². The molecule has 0 N–H and O–H groups in total.